The number of hydrogen-bond donors (Lipinski definition) is 2. The summed E-state index contributed by atoms with van der Waals surface area (Å²) in [5.74, 6) is 2.46. The number of nitrogens with one attached hydrogen (secondary N) is 1. The number of rotatable bonds is 4. The fourth-order valence-electron chi connectivity index (χ4n) is 2.69. The van der Waals surface area contributed by atoms with Crippen LogP contribution in [0.3, 0.4) is 0 Å². The number of nitrogens with zero attached hydrogens (tertiary/aromatic N) is 1. The number of aromatic nitrogens is 1. The van der Waals surface area contributed by atoms with E-state index in [2.05, 4.69) is 17.2 Å². The number of nitrogen functional groups attached to an aromatic ring is 1. The molecular formula is C14H22ClN3. The Morgan fingerprint density at radius 3 is 2.61 bits per heavy atom. The quantitative estimate of drug-likeness (QED) is 0.869. The summed E-state index contributed by atoms with van der Waals surface area (Å²) < 4.78 is 0. The van der Waals surface area contributed by atoms with Gasteiger partial charge in [-0.2, -0.15) is 0 Å². The highest BCUT2D eigenvalue weighted by atomic mass is 35.5. The van der Waals surface area contributed by atoms with Gasteiger partial charge in [0, 0.05) is 12.7 Å². The molecule has 0 unspecified atom stereocenters. The minimum Gasteiger partial charge on any atom is -0.396 e. The van der Waals surface area contributed by atoms with Crippen molar-refractivity contribution in [2.75, 3.05) is 17.6 Å². The molecule has 1 aliphatic rings. The normalized spacial score (nSPS) is 23.9. The van der Waals surface area contributed by atoms with Crippen LogP contribution in [0.4, 0.5) is 11.5 Å². The summed E-state index contributed by atoms with van der Waals surface area (Å²) >= 11 is 5.83. The first kappa shape index (κ1) is 13.5. The van der Waals surface area contributed by atoms with Crippen LogP contribution in [-0.2, 0) is 0 Å². The first-order chi connectivity index (χ1) is 8.69. The zero-order valence-electron chi connectivity index (χ0n) is 11.0. The predicted octanol–water partition coefficient (Wildman–Crippen LogP) is 3.95. The van der Waals surface area contributed by atoms with Crippen LogP contribution in [0, 0.1) is 11.8 Å². The van der Waals surface area contributed by atoms with Gasteiger partial charge in [-0.3, -0.25) is 0 Å². The Bertz CT molecular complexity index is 387. The van der Waals surface area contributed by atoms with Crippen molar-refractivity contribution in [3.63, 3.8) is 0 Å². The third kappa shape index (κ3) is 3.52. The fraction of sp³-hybridized carbons (Fsp3) is 0.643. The maximum absolute atomic E-state index is 5.87. The summed E-state index contributed by atoms with van der Waals surface area (Å²) in [5.41, 5.74) is 6.50. The Morgan fingerprint density at radius 2 is 2.00 bits per heavy atom. The third-order valence-electron chi connectivity index (χ3n) is 3.99. The maximum Gasteiger partial charge on any atom is 0.149 e. The number of hydrogen-bond acceptors (Lipinski definition) is 3. The van der Waals surface area contributed by atoms with Crippen LogP contribution in [0.15, 0.2) is 12.3 Å². The summed E-state index contributed by atoms with van der Waals surface area (Å²) in [6.45, 7) is 3.26. The van der Waals surface area contributed by atoms with Crippen molar-refractivity contribution >= 4 is 23.1 Å². The summed E-state index contributed by atoms with van der Waals surface area (Å²) in [6, 6.07) is 1.74. The van der Waals surface area contributed by atoms with Crippen molar-refractivity contribution in [3.8, 4) is 0 Å². The molecular weight excluding hydrogens is 246 g/mol. The standard InChI is InChI=1S/C14H22ClN3/c1-2-10-3-5-11(6-4-10)8-17-14-13(16)7-12(15)9-18-14/h7,9-11H,2-6,8,16H2,1H3,(H,17,18). The van der Waals surface area contributed by atoms with Gasteiger partial charge < -0.3 is 11.1 Å². The molecule has 0 radical (unpaired) electrons. The molecule has 3 N–H and O–H groups in total. The van der Waals surface area contributed by atoms with Crippen molar-refractivity contribution in [1.29, 1.82) is 0 Å². The molecule has 0 saturated heterocycles. The lowest BCUT2D eigenvalue weighted by molar-refractivity contribution is 0.278. The van der Waals surface area contributed by atoms with Crippen LogP contribution in [0.1, 0.15) is 39.0 Å². The second kappa shape index (κ2) is 6.28. The van der Waals surface area contributed by atoms with Crippen LogP contribution >= 0.6 is 11.6 Å². The van der Waals surface area contributed by atoms with E-state index < -0.39 is 0 Å². The van der Waals surface area contributed by atoms with E-state index in [0.717, 1.165) is 24.2 Å². The van der Waals surface area contributed by atoms with Gasteiger partial charge in [-0.25, -0.2) is 4.98 Å². The molecule has 100 valence electrons. The van der Waals surface area contributed by atoms with E-state index in [9.17, 15) is 0 Å². The largest absolute Gasteiger partial charge is 0.396 e. The number of pyridine rings is 1. The molecule has 0 atom stereocenters. The van der Waals surface area contributed by atoms with Gasteiger partial charge in [-0.05, 0) is 30.7 Å². The third-order valence-corrected chi connectivity index (χ3v) is 4.19. The lowest BCUT2D eigenvalue weighted by Gasteiger charge is -2.28. The molecule has 4 heteroatoms. The summed E-state index contributed by atoms with van der Waals surface area (Å²) in [7, 11) is 0. The Balaban J connectivity index is 1.81. The van der Waals surface area contributed by atoms with E-state index in [1.165, 1.54) is 32.1 Å². The van der Waals surface area contributed by atoms with Gasteiger partial charge in [-0.15, -0.1) is 0 Å². The molecule has 0 amide bonds. The monoisotopic (exact) mass is 267 g/mol. The van der Waals surface area contributed by atoms with E-state index in [-0.39, 0.29) is 0 Å². The molecule has 1 saturated carbocycles. The van der Waals surface area contributed by atoms with Crippen LogP contribution in [-0.4, -0.2) is 11.5 Å². The van der Waals surface area contributed by atoms with Gasteiger partial charge in [0.05, 0.1) is 10.7 Å². The average molecular weight is 268 g/mol. The second-order valence-electron chi connectivity index (χ2n) is 5.27. The molecule has 2 rings (SSSR count). The first-order valence-electron chi connectivity index (χ1n) is 6.84. The summed E-state index contributed by atoms with van der Waals surface area (Å²) in [6.07, 6.45) is 8.33. The van der Waals surface area contributed by atoms with Gasteiger partial charge in [0.2, 0.25) is 0 Å². The number of nitrogens with two attached hydrogens (primary N) is 1. The number of anilines is 2. The summed E-state index contributed by atoms with van der Waals surface area (Å²) in [5, 5.41) is 3.93. The van der Waals surface area contributed by atoms with Gasteiger partial charge in [0.1, 0.15) is 5.82 Å². The van der Waals surface area contributed by atoms with E-state index in [4.69, 9.17) is 17.3 Å². The molecule has 18 heavy (non-hydrogen) atoms. The predicted molar refractivity (Wildman–Crippen MR) is 77.9 cm³/mol. The Kier molecular flexibility index (Phi) is 4.70. The summed E-state index contributed by atoms with van der Waals surface area (Å²) in [4.78, 5) is 4.23. The second-order valence-corrected chi connectivity index (χ2v) is 5.70. The Hall–Kier alpha value is -0.960. The molecule has 1 heterocycles. The van der Waals surface area contributed by atoms with Crippen LogP contribution < -0.4 is 11.1 Å². The van der Waals surface area contributed by atoms with Gasteiger partial charge in [0.25, 0.3) is 0 Å². The minimum absolute atomic E-state index is 0.585. The Morgan fingerprint density at radius 1 is 1.33 bits per heavy atom. The Labute approximate surface area is 114 Å². The van der Waals surface area contributed by atoms with E-state index in [1.807, 2.05) is 0 Å². The SMILES string of the molecule is CCC1CCC(CNc2ncc(Cl)cc2N)CC1. The highest BCUT2D eigenvalue weighted by molar-refractivity contribution is 6.30. The topological polar surface area (TPSA) is 50.9 Å². The molecule has 1 aromatic rings. The van der Waals surface area contributed by atoms with Gasteiger partial charge in [0.15, 0.2) is 0 Å². The van der Waals surface area contributed by atoms with Crippen molar-refractivity contribution in [3.05, 3.63) is 17.3 Å². The molecule has 1 aliphatic carbocycles. The van der Waals surface area contributed by atoms with Crippen LogP contribution in [0.2, 0.25) is 5.02 Å². The fourth-order valence-corrected chi connectivity index (χ4v) is 2.85. The first-order valence-corrected chi connectivity index (χ1v) is 7.21. The zero-order valence-corrected chi connectivity index (χ0v) is 11.7. The molecule has 0 aromatic carbocycles. The molecule has 1 aromatic heterocycles. The molecule has 0 aliphatic heterocycles. The average Bonchev–Trinajstić information content (AvgIpc) is 2.38. The van der Waals surface area contributed by atoms with Crippen molar-refractivity contribution in [1.82, 2.24) is 4.98 Å². The lowest BCUT2D eigenvalue weighted by Crippen LogP contribution is -2.21. The van der Waals surface area contributed by atoms with Crippen molar-refractivity contribution in [2.45, 2.75) is 39.0 Å². The van der Waals surface area contributed by atoms with Gasteiger partial charge in [-0.1, -0.05) is 37.8 Å². The highest BCUT2D eigenvalue weighted by Gasteiger charge is 2.19. The van der Waals surface area contributed by atoms with Crippen LogP contribution in [0.25, 0.3) is 0 Å². The smallest absolute Gasteiger partial charge is 0.149 e. The van der Waals surface area contributed by atoms with E-state index in [1.54, 1.807) is 12.3 Å². The molecule has 0 bridgehead atoms. The van der Waals surface area contributed by atoms with E-state index >= 15 is 0 Å². The van der Waals surface area contributed by atoms with Crippen LogP contribution in [0.5, 0.6) is 0 Å². The lowest BCUT2D eigenvalue weighted by atomic mass is 9.81. The van der Waals surface area contributed by atoms with E-state index in [0.29, 0.717) is 10.7 Å². The number of halogens is 1. The molecule has 0 spiro atoms. The maximum atomic E-state index is 5.87. The molecule has 3 nitrogen and oxygen atoms in total. The van der Waals surface area contributed by atoms with Crippen molar-refractivity contribution < 1.29 is 0 Å². The van der Waals surface area contributed by atoms with Gasteiger partial charge >= 0.3 is 0 Å². The zero-order chi connectivity index (χ0) is 13.0. The van der Waals surface area contributed by atoms with Crippen molar-refractivity contribution in [2.24, 2.45) is 11.8 Å². The minimum atomic E-state index is 0.585. The molecule has 1 fully saturated rings. The highest BCUT2D eigenvalue weighted by Crippen LogP contribution is 2.31.